The fraction of sp³-hybridized carbons (Fsp3) is 0.932. The summed E-state index contributed by atoms with van der Waals surface area (Å²) < 4.78 is 93.3. The molecule has 103 heavy (non-hydrogen) atoms. The number of ketones is 2. The van der Waals surface area contributed by atoms with Crippen molar-refractivity contribution < 1.29 is 202 Å². The molecule has 0 amide bonds. The van der Waals surface area contributed by atoms with E-state index in [0.29, 0.717) is 0 Å². The standard InChI is InChI=1S/C59H97NO41S2/c1-19(66)3-5-86-7-8-87-6-4-21(67)9-20(51(82)83)15-102-17-28-49-35(73)42(80)58(93-28)98-47-26(13-64)89-55(38(76)31(47)69)97-46-25(12-63)92-57(41(79)34(46)72)101-50-29(18-103-16-22(60-2)52(84)85)94-59(43(81)36(50)74)99-48-27(14-65)90-54(39(77)32(48)70)95-44-23(10-61)88-53(37(75)30(44)68)96-45-24(11-62)91-56(100-49)40(78)33(45)71/h20,22-50,53-65,68-81H,3-18H2,1-2H3,(H,82,83)(H,84,85)/t20-,22-,23?,24?,25?,26?,27?,28?,29?,30-,31-,32-,33-,34+,35-,36-,37?,38?,39?,40?,41?,42?,43?,44-,45-,46-,47-,48-,49-,50-,53-,54-,55+,56+,57+,58-,59+/m1/s1. The first-order valence-electron chi connectivity index (χ1n) is 33.2. The smallest absolute Gasteiger partial charge is 0.321 e. The first-order valence-corrected chi connectivity index (χ1v) is 35.5. The second kappa shape index (κ2) is 40.0. The van der Waals surface area contributed by atoms with Crippen LogP contribution in [0.5, 0.6) is 0 Å². The molecule has 0 spiro atoms. The number of thioether (sulfide) groups is 2. The lowest BCUT2D eigenvalue weighted by Gasteiger charge is -2.50. The molecule has 21 rings (SSSR count). The van der Waals surface area contributed by atoms with Gasteiger partial charge < -0.3 is 188 Å². The molecule has 14 unspecified atom stereocenters. The number of carboxylic acids is 2. The Labute approximate surface area is 595 Å². The van der Waals surface area contributed by atoms with Crippen LogP contribution in [0.4, 0.5) is 0 Å². The van der Waals surface area contributed by atoms with E-state index in [1.54, 1.807) is 0 Å². The van der Waals surface area contributed by atoms with Crippen LogP contribution in [0, 0.1) is 5.92 Å². The zero-order valence-corrected chi connectivity index (χ0v) is 57.2. The number of rotatable bonds is 27. The van der Waals surface area contributed by atoms with E-state index in [1.807, 2.05) is 0 Å². The third-order valence-electron chi connectivity index (χ3n) is 18.6. The minimum absolute atomic E-state index is 0.0645. The Hall–Kier alpha value is -2.46. The summed E-state index contributed by atoms with van der Waals surface area (Å²) in [4.78, 5) is 48.7. The topological polar surface area (TPSA) is 653 Å². The first kappa shape index (κ1) is 86.1. The Kier molecular flexibility index (Phi) is 33.4. The van der Waals surface area contributed by atoms with Crippen LogP contribution in [0.2, 0.25) is 0 Å². The number of hydrogen-bond donors (Lipinski definition) is 22. The molecular formula is C59H97NO41S2. The third kappa shape index (κ3) is 21.0. The maximum atomic E-state index is 13.0. The Morgan fingerprint density at radius 2 is 0.602 bits per heavy atom. The summed E-state index contributed by atoms with van der Waals surface area (Å²) >= 11 is 1.66. The van der Waals surface area contributed by atoms with E-state index in [0.717, 1.165) is 23.5 Å². The molecule has 0 aliphatic carbocycles. The highest BCUT2D eigenvalue weighted by molar-refractivity contribution is 7.99. The van der Waals surface area contributed by atoms with Crippen LogP contribution in [0.3, 0.4) is 0 Å². The van der Waals surface area contributed by atoms with Gasteiger partial charge in [0.2, 0.25) is 0 Å². The molecule has 0 aromatic heterocycles. The number of carbonyl (C=O) groups excluding carboxylic acids is 2. The normalized spacial score (nSPS) is 44.9. The number of carbonyl (C=O) groups is 4. The van der Waals surface area contributed by atoms with Gasteiger partial charge in [0.1, 0.15) is 176 Å². The van der Waals surface area contributed by atoms with Gasteiger partial charge >= 0.3 is 11.9 Å². The van der Waals surface area contributed by atoms with Crippen LogP contribution in [-0.2, 0) is 95.0 Å². The molecule has 0 radical (unpaired) electrons. The SMILES string of the molecule is CN[C@H](CSCC1O[C@H]2O[C@@H]3C(CO)O[C@H](O[C@@H]4C(CO)O[C@H](O[C@@H]5C(CO)O[C@@H](O[C@@H]6C(CSC[C@@H](CC(=O)CCOCCOCCC(C)=O)C(=O)O)O[C@H](O[C@@H]7C(CO)O[C@@H](O[C@@H]8C(CO)O[C@@H](O[C@H]1[C@H](O)C2O)C(O)[C@@H]8O)C(O)[C@H]7O)C(O)[C@H]6O)C(O)[C@H]5O)C(O)[C@H]4O)C(O)[C@H]3O)C(=O)O. The van der Waals surface area contributed by atoms with Crippen LogP contribution in [0.1, 0.15) is 26.2 Å². The molecule has 0 aromatic rings. The average molecular weight is 1540 g/mol. The molecule has 21 fully saturated rings. The molecule has 21 aliphatic rings. The lowest BCUT2D eigenvalue weighted by Crippen LogP contribution is -2.68. The number of ether oxygens (including phenoxy) is 16. The maximum absolute atomic E-state index is 13.0. The number of carboxylic acid groups (broad SMARTS) is 2. The fourth-order valence-corrected chi connectivity index (χ4v) is 15.0. The van der Waals surface area contributed by atoms with E-state index < -0.39 is 290 Å². The number of nitrogens with one attached hydrogen (secondary N) is 1. The van der Waals surface area contributed by atoms with E-state index in [1.165, 1.54) is 14.0 Å². The summed E-state index contributed by atoms with van der Waals surface area (Å²) in [5.74, 6) is -6.08. The Morgan fingerprint density at radius 3 is 0.845 bits per heavy atom. The van der Waals surface area contributed by atoms with Crippen molar-refractivity contribution in [2.75, 3.05) is 89.5 Å². The molecule has 0 saturated carbocycles. The Bertz CT molecular complexity index is 2610. The zero-order valence-electron chi connectivity index (χ0n) is 55.5. The van der Waals surface area contributed by atoms with Crippen LogP contribution in [0.25, 0.3) is 0 Å². The Morgan fingerprint density at radius 1 is 0.350 bits per heavy atom. The summed E-state index contributed by atoms with van der Waals surface area (Å²) in [6.45, 7) is -3.91. The molecule has 37 atom stereocenters. The average Bonchev–Trinajstić information content (AvgIpc) is 0.785. The quantitative estimate of drug-likeness (QED) is 0.0340. The van der Waals surface area contributed by atoms with Gasteiger partial charge in [-0.05, 0) is 14.0 Å². The van der Waals surface area contributed by atoms with Crippen molar-refractivity contribution >= 4 is 47.0 Å². The van der Waals surface area contributed by atoms with Crippen molar-refractivity contribution in [3.8, 4) is 0 Å². The predicted molar refractivity (Wildman–Crippen MR) is 332 cm³/mol. The second-order valence-electron chi connectivity index (χ2n) is 25.7. The van der Waals surface area contributed by atoms with Crippen molar-refractivity contribution in [2.24, 2.45) is 5.92 Å². The van der Waals surface area contributed by atoms with Gasteiger partial charge in [0.25, 0.3) is 0 Å². The number of Topliss-reactive ketones (excluding diaryl/α,β-unsaturated/α-hetero) is 2. The van der Waals surface area contributed by atoms with Gasteiger partial charge in [-0.1, -0.05) is 0 Å². The van der Waals surface area contributed by atoms with E-state index in [-0.39, 0.29) is 62.3 Å². The molecule has 14 bridgehead atoms. The fourth-order valence-electron chi connectivity index (χ4n) is 12.6. The summed E-state index contributed by atoms with van der Waals surface area (Å²) in [5.41, 5.74) is 0. The van der Waals surface area contributed by atoms with E-state index >= 15 is 0 Å². The second-order valence-corrected chi connectivity index (χ2v) is 27.9. The summed E-state index contributed by atoms with van der Waals surface area (Å²) in [6.07, 6.45) is -73.1. The van der Waals surface area contributed by atoms with Gasteiger partial charge in [-0.2, -0.15) is 23.5 Å². The molecule has 21 saturated heterocycles. The largest absolute Gasteiger partial charge is 0.481 e. The molecule has 21 aliphatic heterocycles. The molecule has 42 nitrogen and oxygen atoms in total. The highest BCUT2D eigenvalue weighted by Gasteiger charge is 2.60. The molecule has 596 valence electrons. The molecule has 21 heterocycles. The predicted octanol–water partition coefficient (Wildman–Crippen LogP) is -13.0. The summed E-state index contributed by atoms with van der Waals surface area (Å²) in [5, 5.41) is 239. The van der Waals surface area contributed by atoms with Crippen LogP contribution >= 0.6 is 23.5 Å². The van der Waals surface area contributed by atoms with Crippen molar-refractivity contribution in [1.29, 1.82) is 0 Å². The monoisotopic (exact) mass is 1540 g/mol. The van der Waals surface area contributed by atoms with Crippen molar-refractivity contribution in [3.05, 3.63) is 0 Å². The van der Waals surface area contributed by atoms with Gasteiger partial charge in [0.15, 0.2) is 44.0 Å². The minimum Gasteiger partial charge on any atom is -0.481 e. The maximum Gasteiger partial charge on any atom is 0.321 e. The number of hydrogen-bond acceptors (Lipinski definition) is 42. The summed E-state index contributed by atoms with van der Waals surface area (Å²) in [7, 11) is 1.35. The highest BCUT2D eigenvalue weighted by atomic mass is 32.2. The van der Waals surface area contributed by atoms with E-state index in [2.05, 4.69) is 5.32 Å². The van der Waals surface area contributed by atoms with E-state index in [9.17, 15) is 126 Å². The number of aliphatic hydroxyl groups excluding tert-OH is 19. The molecule has 22 N–H and O–H groups in total. The lowest BCUT2D eigenvalue weighted by molar-refractivity contribution is -0.395. The molecule has 44 heteroatoms. The highest BCUT2D eigenvalue weighted by Crippen LogP contribution is 2.40. The van der Waals surface area contributed by atoms with Gasteiger partial charge in [-0.15, -0.1) is 0 Å². The zero-order chi connectivity index (χ0) is 75.4. The van der Waals surface area contributed by atoms with Crippen molar-refractivity contribution in [3.63, 3.8) is 0 Å². The minimum atomic E-state index is -2.31. The van der Waals surface area contributed by atoms with Crippen LogP contribution < -0.4 is 5.32 Å². The molecule has 0 aromatic carbocycles. The van der Waals surface area contributed by atoms with Gasteiger partial charge in [0, 0.05) is 42.3 Å². The van der Waals surface area contributed by atoms with Crippen molar-refractivity contribution in [2.45, 2.75) is 247 Å². The van der Waals surface area contributed by atoms with Gasteiger partial charge in [0.05, 0.1) is 77.6 Å². The number of aliphatic hydroxyl groups is 19. The van der Waals surface area contributed by atoms with E-state index in [4.69, 9.17) is 75.8 Å². The molecular weight excluding hydrogens is 1440 g/mol. The number of likely N-dealkylation sites (N-methyl/N-ethyl adjacent to an activating group) is 1. The first-order chi connectivity index (χ1) is 49.0. The summed E-state index contributed by atoms with van der Waals surface area (Å²) in [6, 6.07) is -1.18. The number of aliphatic carboxylic acids is 2. The Balaban J connectivity index is 1.08. The lowest BCUT2D eigenvalue weighted by atomic mass is 9.95. The third-order valence-corrected chi connectivity index (χ3v) is 20.9. The van der Waals surface area contributed by atoms with Crippen LogP contribution in [0.15, 0.2) is 0 Å². The van der Waals surface area contributed by atoms with Gasteiger partial charge in [-0.3, -0.25) is 19.2 Å². The van der Waals surface area contributed by atoms with Crippen LogP contribution in [-0.4, -0.2) is 441 Å². The van der Waals surface area contributed by atoms with Crippen molar-refractivity contribution in [1.82, 2.24) is 5.32 Å². The van der Waals surface area contributed by atoms with Gasteiger partial charge in [-0.25, -0.2) is 0 Å².